The molecule has 0 aromatic carbocycles. The SMILES string of the molecule is CC(Cn1cccn1)NC(=O)N1CCC(C)C1C(=O)O. The number of rotatable bonds is 4. The third kappa shape index (κ3) is 3.09. The minimum atomic E-state index is -0.940. The molecule has 2 amide bonds. The van der Waals surface area contributed by atoms with Crippen LogP contribution < -0.4 is 5.32 Å². The summed E-state index contributed by atoms with van der Waals surface area (Å²) in [6.07, 6.45) is 4.22. The average molecular weight is 280 g/mol. The van der Waals surface area contributed by atoms with E-state index >= 15 is 0 Å². The van der Waals surface area contributed by atoms with Gasteiger partial charge in [0.05, 0.1) is 6.54 Å². The highest BCUT2D eigenvalue weighted by Crippen LogP contribution is 2.24. The lowest BCUT2D eigenvalue weighted by Crippen LogP contribution is -2.50. The van der Waals surface area contributed by atoms with Crippen LogP contribution in [0.15, 0.2) is 18.5 Å². The second-order valence-electron chi connectivity index (χ2n) is 5.32. The summed E-state index contributed by atoms with van der Waals surface area (Å²) in [4.78, 5) is 24.8. The highest BCUT2D eigenvalue weighted by molar-refractivity contribution is 5.83. The van der Waals surface area contributed by atoms with Crippen LogP contribution >= 0.6 is 0 Å². The van der Waals surface area contributed by atoms with Crippen LogP contribution in [0.2, 0.25) is 0 Å². The molecular formula is C13H20N4O3. The van der Waals surface area contributed by atoms with E-state index in [1.165, 1.54) is 4.90 Å². The van der Waals surface area contributed by atoms with Gasteiger partial charge in [0.15, 0.2) is 0 Å². The molecule has 0 saturated carbocycles. The number of likely N-dealkylation sites (tertiary alicyclic amines) is 1. The lowest BCUT2D eigenvalue weighted by molar-refractivity contribution is -0.142. The number of nitrogens with one attached hydrogen (secondary N) is 1. The molecule has 20 heavy (non-hydrogen) atoms. The molecule has 0 bridgehead atoms. The van der Waals surface area contributed by atoms with Gasteiger partial charge in [0, 0.05) is 25.0 Å². The summed E-state index contributed by atoms with van der Waals surface area (Å²) in [5.41, 5.74) is 0. The van der Waals surface area contributed by atoms with E-state index in [4.69, 9.17) is 0 Å². The summed E-state index contributed by atoms with van der Waals surface area (Å²) in [7, 11) is 0. The first kappa shape index (κ1) is 14.4. The zero-order valence-corrected chi connectivity index (χ0v) is 11.7. The van der Waals surface area contributed by atoms with E-state index in [-0.39, 0.29) is 18.0 Å². The first-order valence-corrected chi connectivity index (χ1v) is 6.76. The summed E-state index contributed by atoms with van der Waals surface area (Å²) in [5.74, 6) is -0.954. The van der Waals surface area contributed by atoms with E-state index in [2.05, 4.69) is 10.4 Å². The third-order valence-corrected chi connectivity index (χ3v) is 3.60. The summed E-state index contributed by atoms with van der Waals surface area (Å²) in [6, 6.07) is 0.651. The van der Waals surface area contributed by atoms with Crippen LogP contribution in [-0.4, -0.2) is 50.4 Å². The van der Waals surface area contributed by atoms with Gasteiger partial charge in [-0.15, -0.1) is 0 Å². The van der Waals surface area contributed by atoms with Crippen LogP contribution in [-0.2, 0) is 11.3 Å². The predicted molar refractivity (Wildman–Crippen MR) is 72.1 cm³/mol. The lowest BCUT2D eigenvalue weighted by Gasteiger charge is -2.25. The summed E-state index contributed by atoms with van der Waals surface area (Å²) in [5, 5.41) is 16.1. The Labute approximate surface area is 117 Å². The Hall–Kier alpha value is -2.05. The minimum absolute atomic E-state index is 0.0142. The number of hydrogen-bond acceptors (Lipinski definition) is 3. The fourth-order valence-electron chi connectivity index (χ4n) is 2.58. The van der Waals surface area contributed by atoms with E-state index < -0.39 is 12.0 Å². The average Bonchev–Trinajstić information content (AvgIpc) is 2.97. The largest absolute Gasteiger partial charge is 0.480 e. The van der Waals surface area contributed by atoms with Crippen molar-refractivity contribution >= 4 is 12.0 Å². The van der Waals surface area contributed by atoms with E-state index in [1.54, 1.807) is 10.9 Å². The Bertz CT molecular complexity index is 474. The van der Waals surface area contributed by atoms with Gasteiger partial charge in [-0.05, 0) is 25.3 Å². The first-order valence-electron chi connectivity index (χ1n) is 6.76. The second kappa shape index (κ2) is 5.94. The smallest absolute Gasteiger partial charge is 0.326 e. The molecular weight excluding hydrogens is 260 g/mol. The van der Waals surface area contributed by atoms with Crippen molar-refractivity contribution in [3.05, 3.63) is 18.5 Å². The molecule has 2 N–H and O–H groups in total. The molecule has 1 aromatic rings. The number of carbonyl (C=O) groups excluding carboxylic acids is 1. The molecule has 1 aromatic heterocycles. The van der Waals surface area contributed by atoms with Gasteiger partial charge in [0.25, 0.3) is 0 Å². The Morgan fingerprint density at radius 3 is 2.90 bits per heavy atom. The molecule has 3 atom stereocenters. The molecule has 1 fully saturated rings. The Morgan fingerprint density at radius 2 is 2.30 bits per heavy atom. The zero-order chi connectivity index (χ0) is 14.7. The number of aliphatic carboxylic acids is 1. The molecule has 7 nitrogen and oxygen atoms in total. The van der Waals surface area contributed by atoms with Gasteiger partial charge in [-0.2, -0.15) is 5.10 Å². The molecule has 0 radical (unpaired) electrons. The van der Waals surface area contributed by atoms with Crippen molar-refractivity contribution in [1.29, 1.82) is 0 Å². The quantitative estimate of drug-likeness (QED) is 0.853. The molecule has 110 valence electrons. The van der Waals surface area contributed by atoms with Crippen LogP contribution in [0.4, 0.5) is 4.79 Å². The van der Waals surface area contributed by atoms with E-state index in [0.29, 0.717) is 13.1 Å². The Balaban J connectivity index is 1.92. The van der Waals surface area contributed by atoms with Crippen molar-refractivity contribution < 1.29 is 14.7 Å². The molecule has 1 aliphatic heterocycles. The van der Waals surface area contributed by atoms with Crippen LogP contribution in [0.1, 0.15) is 20.3 Å². The maximum Gasteiger partial charge on any atom is 0.326 e. The van der Waals surface area contributed by atoms with Crippen molar-refractivity contribution in [2.75, 3.05) is 6.54 Å². The van der Waals surface area contributed by atoms with Crippen LogP contribution in [0, 0.1) is 5.92 Å². The van der Waals surface area contributed by atoms with E-state index in [1.807, 2.05) is 26.1 Å². The molecule has 1 aliphatic rings. The van der Waals surface area contributed by atoms with Crippen LogP contribution in [0.5, 0.6) is 0 Å². The van der Waals surface area contributed by atoms with E-state index in [9.17, 15) is 14.7 Å². The zero-order valence-electron chi connectivity index (χ0n) is 11.7. The molecule has 7 heteroatoms. The van der Waals surface area contributed by atoms with Gasteiger partial charge in [-0.1, -0.05) is 6.92 Å². The van der Waals surface area contributed by atoms with Crippen LogP contribution in [0.3, 0.4) is 0 Å². The summed E-state index contributed by atoms with van der Waals surface area (Å²) < 4.78 is 1.73. The number of amides is 2. The van der Waals surface area contributed by atoms with Crippen molar-refractivity contribution in [2.24, 2.45) is 5.92 Å². The molecule has 1 saturated heterocycles. The van der Waals surface area contributed by atoms with Crippen molar-refractivity contribution in [3.63, 3.8) is 0 Å². The fourth-order valence-corrected chi connectivity index (χ4v) is 2.58. The first-order chi connectivity index (χ1) is 9.49. The van der Waals surface area contributed by atoms with Crippen molar-refractivity contribution in [1.82, 2.24) is 20.0 Å². The van der Waals surface area contributed by atoms with Gasteiger partial charge in [-0.3, -0.25) is 4.68 Å². The minimum Gasteiger partial charge on any atom is -0.480 e. The Kier molecular flexibility index (Phi) is 4.26. The number of urea groups is 1. The van der Waals surface area contributed by atoms with Gasteiger partial charge in [0.1, 0.15) is 6.04 Å². The molecule has 2 rings (SSSR count). The Morgan fingerprint density at radius 1 is 1.55 bits per heavy atom. The summed E-state index contributed by atoms with van der Waals surface area (Å²) in [6.45, 7) is 4.77. The molecule has 0 spiro atoms. The normalized spacial score (nSPS) is 23.6. The fraction of sp³-hybridized carbons (Fsp3) is 0.615. The van der Waals surface area contributed by atoms with Crippen molar-refractivity contribution in [3.8, 4) is 0 Å². The van der Waals surface area contributed by atoms with Gasteiger partial charge < -0.3 is 15.3 Å². The molecule has 0 aliphatic carbocycles. The number of hydrogen-bond donors (Lipinski definition) is 2. The molecule has 2 heterocycles. The number of carboxylic acids is 1. The third-order valence-electron chi connectivity index (χ3n) is 3.60. The van der Waals surface area contributed by atoms with Gasteiger partial charge in [0.2, 0.25) is 0 Å². The maximum absolute atomic E-state index is 12.2. The second-order valence-corrected chi connectivity index (χ2v) is 5.32. The van der Waals surface area contributed by atoms with Crippen molar-refractivity contribution in [2.45, 2.75) is 38.9 Å². The monoisotopic (exact) mass is 280 g/mol. The highest BCUT2D eigenvalue weighted by atomic mass is 16.4. The highest BCUT2D eigenvalue weighted by Gasteiger charge is 2.39. The number of aromatic nitrogens is 2. The molecule has 3 unspecified atom stereocenters. The number of carbonyl (C=O) groups is 2. The predicted octanol–water partition coefficient (Wildman–Crippen LogP) is 0.776. The number of nitrogens with zero attached hydrogens (tertiary/aromatic N) is 3. The van der Waals surface area contributed by atoms with Gasteiger partial charge >= 0.3 is 12.0 Å². The lowest BCUT2D eigenvalue weighted by atomic mass is 10.0. The van der Waals surface area contributed by atoms with Gasteiger partial charge in [-0.25, -0.2) is 9.59 Å². The number of carboxylic acid groups (broad SMARTS) is 1. The maximum atomic E-state index is 12.2. The standard InChI is InChI=1S/C13H20N4O3/c1-9-4-7-17(11(9)12(18)19)13(20)15-10(2)8-16-6-3-5-14-16/h3,5-6,9-11H,4,7-8H2,1-2H3,(H,15,20)(H,18,19). The topological polar surface area (TPSA) is 87.5 Å². The van der Waals surface area contributed by atoms with Crippen LogP contribution in [0.25, 0.3) is 0 Å². The van der Waals surface area contributed by atoms with E-state index in [0.717, 1.165) is 6.42 Å². The summed E-state index contributed by atoms with van der Waals surface area (Å²) >= 11 is 0.